The average Bonchev–Trinajstić information content (AvgIpc) is 3.09. The highest BCUT2D eigenvalue weighted by molar-refractivity contribution is 7.15. The van der Waals surface area contributed by atoms with E-state index < -0.39 is 0 Å². The molecule has 0 radical (unpaired) electrons. The van der Waals surface area contributed by atoms with Crippen molar-refractivity contribution in [3.8, 4) is 0 Å². The van der Waals surface area contributed by atoms with Crippen LogP contribution in [-0.2, 0) is 6.42 Å². The maximum Gasteiger partial charge on any atom is 0.276 e. The SMILES string of the molecule is Cc1nnc(NC(=O)c2csc(Cc3ccccc3)n2)s1. The van der Waals surface area contributed by atoms with E-state index in [9.17, 15) is 4.79 Å². The highest BCUT2D eigenvalue weighted by Crippen LogP contribution is 2.18. The summed E-state index contributed by atoms with van der Waals surface area (Å²) in [7, 11) is 0. The van der Waals surface area contributed by atoms with Crippen LogP contribution in [0.25, 0.3) is 0 Å². The minimum Gasteiger partial charge on any atom is -0.295 e. The minimum absolute atomic E-state index is 0.248. The Morgan fingerprint density at radius 1 is 1.24 bits per heavy atom. The molecule has 2 aromatic heterocycles. The van der Waals surface area contributed by atoms with Gasteiger partial charge in [-0.3, -0.25) is 10.1 Å². The Hall–Kier alpha value is -2.12. The van der Waals surface area contributed by atoms with Gasteiger partial charge in [0.1, 0.15) is 10.7 Å². The Balaban J connectivity index is 1.68. The Morgan fingerprint density at radius 3 is 2.76 bits per heavy atom. The molecule has 0 aliphatic rings. The molecule has 0 aliphatic heterocycles. The van der Waals surface area contributed by atoms with E-state index in [2.05, 4.69) is 20.5 Å². The normalized spacial score (nSPS) is 10.5. The first-order valence-electron chi connectivity index (χ1n) is 6.30. The van der Waals surface area contributed by atoms with Crippen molar-refractivity contribution in [2.75, 3.05) is 5.32 Å². The van der Waals surface area contributed by atoms with E-state index in [4.69, 9.17) is 0 Å². The summed E-state index contributed by atoms with van der Waals surface area (Å²) in [4.78, 5) is 16.4. The zero-order valence-electron chi connectivity index (χ0n) is 11.2. The fourth-order valence-electron chi connectivity index (χ4n) is 1.78. The van der Waals surface area contributed by atoms with Gasteiger partial charge in [0.25, 0.3) is 5.91 Å². The molecule has 0 saturated heterocycles. The Labute approximate surface area is 129 Å². The largest absolute Gasteiger partial charge is 0.295 e. The van der Waals surface area contributed by atoms with Gasteiger partial charge in [-0.05, 0) is 12.5 Å². The molecule has 7 heteroatoms. The molecule has 21 heavy (non-hydrogen) atoms. The lowest BCUT2D eigenvalue weighted by molar-refractivity contribution is 0.102. The molecule has 0 atom stereocenters. The van der Waals surface area contributed by atoms with Crippen LogP contribution >= 0.6 is 22.7 Å². The zero-order chi connectivity index (χ0) is 14.7. The van der Waals surface area contributed by atoms with Gasteiger partial charge in [0, 0.05) is 11.8 Å². The second kappa shape index (κ2) is 6.11. The van der Waals surface area contributed by atoms with Crippen molar-refractivity contribution < 1.29 is 4.79 Å². The number of aryl methyl sites for hydroxylation is 1. The number of rotatable bonds is 4. The van der Waals surface area contributed by atoms with Crippen LogP contribution in [-0.4, -0.2) is 21.1 Å². The lowest BCUT2D eigenvalue weighted by atomic mass is 10.2. The van der Waals surface area contributed by atoms with Crippen molar-refractivity contribution in [2.45, 2.75) is 13.3 Å². The van der Waals surface area contributed by atoms with Gasteiger partial charge in [-0.2, -0.15) is 0 Å². The van der Waals surface area contributed by atoms with Gasteiger partial charge in [-0.15, -0.1) is 21.5 Å². The highest BCUT2D eigenvalue weighted by Gasteiger charge is 2.13. The summed E-state index contributed by atoms with van der Waals surface area (Å²) in [5, 5.41) is 14.4. The van der Waals surface area contributed by atoms with Crippen molar-refractivity contribution in [3.63, 3.8) is 0 Å². The number of nitrogens with zero attached hydrogens (tertiary/aromatic N) is 3. The van der Waals surface area contributed by atoms with E-state index in [1.165, 1.54) is 28.2 Å². The summed E-state index contributed by atoms with van der Waals surface area (Å²) in [6.45, 7) is 1.84. The van der Waals surface area contributed by atoms with Crippen molar-refractivity contribution in [1.82, 2.24) is 15.2 Å². The van der Waals surface area contributed by atoms with Crippen LogP contribution in [0.4, 0.5) is 5.13 Å². The number of benzene rings is 1. The molecule has 0 fully saturated rings. The maximum atomic E-state index is 12.1. The molecule has 0 saturated carbocycles. The number of nitrogens with one attached hydrogen (secondary N) is 1. The van der Waals surface area contributed by atoms with E-state index in [1.807, 2.05) is 37.3 Å². The molecule has 1 amide bonds. The Morgan fingerprint density at radius 2 is 2.05 bits per heavy atom. The lowest BCUT2D eigenvalue weighted by Gasteiger charge is -1.97. The maximum absolute atomic E-state index is 12.1. The van der Waals surface area contributed by atoms with E-state index in [0.29, 0.717) is 10.8 Å². The summed E-state index contributed by atoms with van der Waals surface area (Å²) in [6, 6.07) is 10.1. The van der Waals surface area contributed by atoms with E-state index >= 15 is 0 Å². The van der Waals surface area contributed by atoms with Gasteiger partial charge in [0.2, 0.25) is 5.13 Å². The topological polar surface area (TPSA) is 67.8 Å². The average molecular weight is 316 g/mol. The first-order valence-corrected chi connectivity index (χ1v) is 8.00. The standard InChI is InChI=1S/C14H12N4OS2/c1-9-17-18-14(21-9)16-13(19)11-8-20-12(15-11)7-10-5-3-2-4-6-10/h2-6,8H,7H2,1H3,(H,16,18,19). The monoisotopic (exact) mass is 316 g/mol. The predicted molar refractivity (Wildman–Crippen MR) is 84.0 cm³/mol. The minimum atomic E-state index is -0.248. The highest BCUT2D eigenvalue weighted by atomic mass is 32.1. The zero-order valence-corrected chi connectivity index (χ0v) is 12.9. The number of carbonyl (C=O) groups is 1. The molecule has 2 heterocycles. The summed E-state index contributed by atoms with van der Waals surface area (Å²) in [6.07, 6.45) is 0.733. The Kier molecular flexibility index (Phi) is 4.03. The molecular weight excluding hydrogens is 304 g/mol. The first kappa shape index (κ1) is 13.8. The van der Waals surface area contributed by atoms with Gasteiger partial charge in [0.05, 0.1) is 5.01 Å². The molecule has 1 N–H and O–H groups in total. The number of carbonyl (C=O) groups excluding carboxylic acids is 1. The fourth-order valence-corrected chi connectivity index (χ4v) is 3.17. The summed E-state index contributed by atoms with van der Waals surface area (Å²) in [5.74, 6) is -0.248. The van der Waals surface area contributed by atoms with Gasteiger partial charge >= 0.3 is 0 Å². The molecule has 0 bridgehead atoms. The van der Waals surface area contributed by atoms with Crippen molar-refractivity contribution in [2.24, 2.45) is 0 Å². The number of hydrogen-bond acceptors (Lipinski definition) is 6. The third-order valence-electron chi connectivity index (χ3n) is 2.73. The molecule has 0 spiro atoms. The van der Waals surface area contributed by atoms with Crippen LogP contribution in [0.1, 0.15) is 26.1 Å². The molecule has 1 aromatic carbocycles. The van der Waals surface area contributed by atoms with Crippen molar-refractivity contribution in [3.05, 3.63) is 57.0 Å². The second-order valence-electron chi connectivity index (χ2n) is 4.37. The van der Waals surface area contributed by atoms with Gasteiger partial charge in [-0.25, -0.2) is 4.98 Å². The molecule has 3 rings (SSSR count). The van der Waals surface area contributed by atoms with Gasteiger partial charge < -0.3 is 0 Å². The number of aromatic nitrogens is 3. The fraction of sp³-hybridized carbons (Fsp3) is 0.143. The number of amides is 1. The van der Waals surface area contributed by atoms with Crippen molar-refractivity contribution in [1.29, 1.82) is 0 Å². The summed E-state index contributed by atoms with van der Waals surface area (Å²) < 4.78 is 0. The van der Waals surface area contributed by atoms with Gasteiger partial charge in [-0.1, -0.05) is 41.7 Å². The summed E-state index contributed by atoms with van der Waals surface area (Å²) in [5.41, 5.74) is 1.59. The number of anilines is 1. The molecule has 3 aromatic rings. The van der Waals surface area contributed by atoms with Gasteiger partial charge in [0.15, 0.2) is 0 Å². The molecule has 0 aliphatic carbocycles. The van der Waals surface area contributed by atoms with E-state index in [0.717, 1.165) is 16.4 Å². The molecular formula is C14H12N4OS2. The Bertz CT molecular complexity index is 751. The third-order valence-corrected chi connectivity index (χ3v) is 4.33. The second-order valence-corrected chi connectivity index (χ2v) is 6.49. The van der Waals surface area contributed by atoms with Crippen LogP contribution in [0.15, 0.2) is 35.7 Å². The van der Waals surface area contributed by atoms with E-state index in [-0.39, 0.29) is 5.91 Å². The van der Waals surface area contributed by atoms with Crippen LogP contribution in [0, 0.1) is 6.92 Å². The van der Waals surface area contributed by atoms with Crippen LogP contribution in [0.3, 0.4) is 0 Å². The number of hydrogen-bond donors (Lipinski definition) is 1. The van der Waals surface area contributed by atoms with Crippen molar-refractivity contribution >= 4 is 33.7 Å². The smallest absolute Gasteiger partial charge is 0.276 e. The van der Waals surface area contributed by atoms with Crippen LogP contribution in [0.2, 0.25) is 0 Å². The molecule has 106 valence electrons. The molecule has 0 unspecified atom stereocenters. The first-order chi connectivity index (χ1) is 10.2. The lowest BCUT2D eigenvalue weighted by Crippen LogP contribution is -2.12. The number of thiazole rings is 1. The van der Waals surface area contributed by atoms with E-state index in [1.54, 1.807) is 5.38 Å². The molecule has 5 nitrogen and oxygen atoms in total. The predicted octanol–water partition coefficient (Wildman–Crippen LogP) is 3.15. The quantitative estimate of drug-likeness (QED) is 0.803. The third kappa shape index (κ3) is 3.50. The summed E-state index contributed by atoms with van der Waals surface area (Å²) >= 11 is 2.83. The van der Waals surface area contributed by atoms with Crippen LogP contribution in [0.5, 0.6) is 0 Å². The van der Waals surface area contributed by atoms with Crippen LogP contribution < -0.4 is 5.32 Å².